The Hall–Kier alpha value is -1.55. The average Bonchev–Trinajstić information content (AvgIpc) is 2.46. The number of hydrogen-bond acceptors (Lipinski definition) is 3. The van der Waals surface area contributed by atoms with Crippen LogP contribution >= 0.6 is 0 Å². The van der Waals surface area contributed by atoms with Crippen molar-refractivity contribution < 1.29 is 14.3 Å². The highest BCUT2D eigenvalue weighted by Crippen LogP contribution is 2.36. The highest BCUT2D eigenvalue weighted by molar-refractivity contribution is 5.68. The average molecular weight is 333 g/mol. The van der Waals surface area contributed by atoms with E-state index < -0.39 is 5.60 Å². The van der Waals surface area contributed by atoms with Gasteiger partial charge in [-0.05, 0) is 52.5 Å². The Bertz CT molecular complexity index is 554. The summed E-state index contributed by atoms with van der Waals surface area (Å²) < 4.78 is 11.0. The number of hydrogen-bond donors (Lipinski definition) is 0. The first-order valence-corrected chi connectivity index (χ1v) is 8.75. The van der Waals surface area contributed by atoms with Crippen LogP contribution in [0.4, 0.5) is 4.79 Å². The maximum Gasteiger partial charge on any atom is 0.410 e. The molecule has 1 heterocycles. The molecular weight excluding hydrogens is 302 g/mol. The van der Waals surface area contributed by atoms with Crippen LogP contribution in [0.5, 0.6) is 0 Å². The second-order valence-electron chi connectivity index (χ2n) is 8.07. The minimum atomic E-state index is -0.445. The smallest absolute Gasteiger partial charge is 0.410 e. The molecule has 4 heteroatoms. The van der Waals surface area contributed by atoms with Crippen molar-refractivity contribution in [2.45, 2.75) is 52.6 Å². The fourth-order valence-electron chi connectivity index (χ4n) is 3.42. The van der Waals surface area contributed by atoms with Crippen LogP contribution in [0.15, 0.2) is 24.3 Å². The topological polar surface area (TPSA) is 38.8 Å². The third-order valence-corrected chi connectivity index (χ3v) is 4.59. The van der Waals surface area contributed by atoms with Gasteiger partial charge in [0.2, 0.25) is 0 Å². The van der Waals surface area contributed by atoms with Crippen molar-refractivity contribution in [2.24, 2.45) is 5.41 Å². The van der Waals surface area contributed by atoms with E-state index in [2.05, 4.69) is 31.2 Å². The number of amides is 1. The molecule has 0 radical (unpaired) electrons. The summed E-state index contributed by atoms with van der Waals surface area (Å²) >= 11 is 0. The quantitative estimate of drug-likeness (QED) is 0.829. The maximum absolute atomic E-state index is 12.3. The normalized spacial score (nSPS) is 17.6. The first-order chi connectivity index (χ1) is 11.2. The van der Waals surface area contributed by atoms with Crippen molar-refractivity contribution in [3.05, 3.63) is 35.4 Å². The van der Waals surface area contributed by atoms with Crippen LogP contribution in [-0.2, 0) is 15.9 Å². The van der Waals surface area contributed by atoms with E-state index in [0.717, 1.165) is 39.0 Å². The summed E-state index contributed by atoms with van der Waals surface area (Å²) in [5.74, 6) is 0. The molecule has 0 aliphatic carbocycles. The SMILES string of the molecule is COCC1(Cc2cccc(C)c2)CCN(C(=O)OC(C)(C)C)CC1. The molecule has 1 saturated heterocycles. The molecule has 0 bridgehead atoms. The van der Waals surface area contributed by atoms with E-state index >= 15 is 0 Å². The fourth-order valence-corrected chi connectivity index (χ4v) is 3.42. The van der Waals surface area contributed by atoms with Gasteiger partial charge in [0.15, 0.2) is 0 Å². The van der Waals surface area contributed by atoms with E-state index in [4.69, 9.17) is 9.47 Å². The summed E-state index contributed by atoms with van der Waals surface area (Å²) in [6.07, 6.45) is 2.66. The van der Waals surface area contributed by atoms with E-state index in [1.54, 1.807) is 7.11 Å². The van der Waals surface area contributed by atoms with Crippen LogP contribution in [0.25, 0.3) is 0 Å². The number of carbonyl (C=O) groups excluding carboxylic acids is 1. The van der Waals surface area contributed by atoms with Crippen molar-refractivity contribution >= 4 is 6.09 Å². The summed E-state index contributed by atoms with van der Waals surface area (Å²) in [5.41, 5.74) is 2.28. The van der Waals surface area contributed by atoms with Gasteiger partial charge in [0, 0.05) is 25.6 Å². The summed E-state index contributed by atoms with van der Waals surface area (Å²) in [6.45, 7) is 10.0. The molecule has 0 spiro atoms. The zero-order valence-electron chi connectivity index (χ0n) is 15.7. The summed E-state index contributed by atoms with van der Waals surface area (Å²) in [4.78, 5) is 14.1. The van der Waals surface area contributed by atoms with Crippen molar-refractivity contribution in [3.63, 3.8) is 0 Å². The van der Waals surface area contributed by atoms with E-state index in [1.807, 2.05) is 25.7 Å². The largest absolute Gasteiger partial charge is 0.444 e. The Kier molecular flexibility index (Phi) is 5.92. The Morgan fingerprint density at radius 3 is 2.46 bits per heavy atom. The Morgan fingerprint density at radius 2 is 1.92 bits per heavy atom. The molecule has 4 nitrogen and oxygen atoms in total. The molecule has 1 aromatic rings. The molecule has 0 N–H and O–H groups in total. The van der Waals surface area contributed by atoms with Gasteiger partial charge in [-0.15, -0.1) is 0 Å². The number of rotatable bonds is 4. The first-order valence-electron chi connectivity index (χ1n) is 8.75. The van der Waals surface area contributed by atoms with Gasteiger partial charge >= 0.3 is 6.09 Å². The number of aryl methyl sites for hydroxylation is 1. The molecule has 24 heavy (non-hydrogen) atoms. The van der Waals surface area contributed by atoms with Gasteiger partial charge in [0.1, 0.15) is 5.60 Å². The third-order valence-electron chi connectivity index (χ3n) is 4.59. The van der Waals surface area contributed by atoms with Crippen LogP contribution in [-0.4, -0.2) is 43.4 Å². The number of ether oxygens (including phenoxy) is 2. The Balaban J connectivity index is 2.02. The highest BCUT2D eigenvalue weighted by Gasteiger charge is 2.37. The van der Waals surface area contributed by atoms with Crippen molar-refractivity contribution in [3.8, 4) is 0 Å². The zero-order valence-corrected chi connectivity index (χ0v) is 15.7. The van der Waals surface area contributed by atoms with Crippen molar-refractivity contribution in [2.75, 3.05) is 26.8 Å². The van der Waals surface area contributed by atoms with Crippen molar-refractivity contribution in [1.29, 1.82) is 0 Å². The molecular formula is C20H31NO3. The second-order valence-corrected chi connectivity index (χ2v) is 8.07. The van der Waals surface area contributed by atoms with Crippen LogP contribution in [0.1, 0.15) is 44.7 Å². The number of piperidine rings is 1. The number of likely N-dealkylation sites (tertiary alicyclic amines) is 1. The van der Waals surface area contributed by atoms with Crippen LogP contribution < -0.4 is 0 Å². The van der Waals surface area contributed by atoms with Gasteiger partial charge in [-0.1, -0.05) is 29.8 Å². The van der Waals surface area contributed by atoms with Gasteiger partial charge in [0.25, 0.3) is 0 Å². The molecule has 1 fully saturated rings. The molecule has 1 aromatic carbocycles. The predicted molar refractivity (Wildman–Crippen MR) is 96.2 cm³/mol. The third kappa shape index (κ3) is 5.23. The van der Waals surface area contributed by atoms with Gasteiger partial charge in [-0.25, -0.2) is 4.79 Å². The van der Waals surface area contributed by atoms with Crippen LogP contribution in [0.3, 0.4) is 0 Å². The minimum absolute atomic E-state index is 0.0983. The lowest BCUT2D eigenvalue weighted by Crippen LogP contribution is -2.47. The fraction of sp³-hybridized carbons (Fsp3) is 0.650. The molecule has 0 saturated carbocycles. The highest BCUT2D eigenvalue weighted by atomic mass is 16.6. The zero-order chi connectivity index (χ0) is 17.8. The van der Waals surface area contributed by atoms with Gasteiger partial charge < -0.3 is 14.4 Å². The number of nitrogens with zero attached hydrogens (tertiary/aromatic N) is 1. The molecule has 0 atom stereocenters. The Labute approximate surface area is 146 Å². The minimum Gasteiger partial charge on any atom is -0.444 e. The molecule has 1 aliphatic heterocycles. The molecule has 134 valence electrons. The standard InChI is InChI=1S/C20H31NO3/c1-16-7-6-8-17(13-16)14-20(15-23-5)9-11-21(12-10-20)18(22)24-19(2,3)4/h6-8,13H,9-12,14-15H2,1-5H3. The molecule has 1 aliphatic rings. The van der Waals surface area contributed by atoms with Gasteiger partial charge in [-0.2, -0.15) is 0 Å². The molecule has 2 rings (SSSR count). The molecule has 1 amide bonds. The lowest BCUT2D eigenvalue weighted by atomic mass is 9.74. The lowest BCUT2D eigenvalue weighted by Gasteiger charge is -2.41. The lowest BCUT2D eigenvalue weighted by molar-refractivity contribution is -0.00672. The number of benzene rings is 1. The number of methoxy groups -OCH3 is 1. The summed E-state index contributed by atoms with van der Waals surface area (Å²) in [7, 11) is 1.76. The number of carbonyl (C=O) groups is 1. The van der Waals surface area contributed by atoms with E-state index in [1.165, 1.54) is 11.1 Å². The first kappa shape index (κ1) is 18.8. The maximum atomic E-state index is 12.3. The van der Waals surface area contributed by atoms with Gasteiger partial charge in [-0.3, -0.25) is 0 Å². The van der Waals surface area contributed by atoms with E-state index in [-0.39, 0.29) is 11.5 Å². The monoisotopic (exact) mass is 333 g/mol. The van der Waals surface area contributed by atoms with Crippen LogP contribution in [0, 0.1) is 12.3 Å². The van der Waals surface area contributed by atoms with E-state index in [0.29, 0.717) is 0 Å². The van der Waals surface area contributed by atoms with Gasteiger partial charge in [0.05, 0.1) is 6.61 Å². The predicted octanol–water partition coefficient (Wildman–Crippen LogP) is 4.20. The summed E-state index contributed by atoms with van der Waals surface area (Å²) in [5, 5.41) is 0. The Morgan fingerprint density at radius 1 is 1.25 bits per heavy atom. The second kappa shape index (κ2) is 7.56. The van der Waals surface area contributed by atoms with Crippen molar-refractivity contribution in [1.82, 2.24) is 4.90 Å². The molecule has 0 aromatic heterocycles. The molecule has 0 unspecified atom stereocenters. The summed E-state index contributed by atoms with van der Waals surface area (Å²) in [6, 6.07) is 8.67. The van der Waals surface area contributed by atoms with E-state index in [9.17, 15) is 4.79 Å². The van der Waals surface area contributed by atoms with Crippen LogP contribution in [0.2, 0.25) is 0 Å².